The maximum Gasteiger partial charge on any atom is 0.346 e. The quantitative estimate of drug-likeness (QED) is 0.616. The SMILES string of the molecule is C#CCN1C(=O)N=C(N)C12CC(C)C2. The molecule has 14 heavy (non-hydrogen) atoms. The number of carbonyl (C=O) groups excluding carboxylic acids is 1. The molecule has 0 radical (unpaired) electrons. The first-order chi connectivity index (χ1) is 6.60. The van der Waals surface area contributed by atoms with Crippen molar-refractivity contribution in [2.45, 2.75) is 25.3 Å². The summed E-state index contributed by atoms with van der Waals surface area (Å²) in [4.78, 5) is 16.9. The lowest BCUT2D eigenvalue weighted by Gasteiger charge is -2.48. The molecule has 1 saturated carbocycles. The molecule has 2 aliphatic rings. The van der Waals surface area contributed by atoms with Crippen LogP contribution in [0.1, 0.15) is 19.8 Å². The first-order valence-corrected chi connectivity index (χ1v) is 4.70. The summed E-state index contributed by atoms with van der Waals surface area (Å²) in [5.74, 6) is 3.51. The minimum atomic E-state index is -0.344. The van der Waals surface area contributed by atoms with Crippen LogP contribution >= 0.6 is 0 Å². The highest BCUT2D eigenvalue weighted by molar-refractivity contribution is 6.06. The Bertz CT molecular complexity index is 347. The van der Waals surface area contributed by atoms with Crippen molar-refractivity contribution in [1.29, 1.82) is 0 Å². The minimum absolute atomic E-state index is 0.285. The number of nitrogens with zero attached hydrogens (tertiary/aromatic N) is 2. The second kappa shape index (κ2) is 2.74. The fraction of sp³-hybridized carbons (Fsp3) is 0.600. The van der Waals surface area contributed by atoms with E-state index < -0.39 is 0 Å². The molecule has 1 aliphatic carbocycles. The highest BCUT2D eigenvalue weighted by atomic mass is 16.2. The fourth-order valence-corrected chi connectivity index (χ4v) is 2.42. The Labute approximate surface area is 83.2 Å². The number of hydrogen-bond acceptors (Lipinski definition) is 2. The molecule has 0 aromatic carbocycles. The predicted molar refractivity (Wildman–Crippen MR) is 53.7 cm³/mol. The Kier molecular flexibility index (Phi) is 1.78. The van der Waals surface area contributed by atoms with Crippen LogP contribution in [0, 0.1) is 18.3 Å². The predicted octanol–water partition coefficient (Wildman–Crippen LogP) is 0.581. The molecule has 2 N–H and O–H groups in total. The lowest BCUT2D eigenvalue weighted by Crippen LogP contribution is -2.61. The standard InChI is InChI=1S/C10H13N3O/c1-3-4-13-9(14)12-8(11)10(13)5-7(2)6-10/h1,7H,4-6H2,2H3,(H2,11,12,14). The Hall–Kier alpha value is -1.50. The number of rotatable bonds is 1. The van der Waals surface area contributed by atoms with Gasteiger partial charge in [0.05, 0.1) is 6.54 Å². The lowest BCUT2D eigenvalue weighted by molar-refractivity contribution is 0.0860. The van der Waals surface area contributed by atoms with Gasteiger partial charge in [-0.05, 0) is 18.8 Å². The smallest absolute Gasteiger partial charge is 0.346 e. The Morgan fingerprint density at radius 3 is 2.93 bits per heavy atom. The molecule has 0 saturated heterocycles. The molecule has 0 unspecified atom stereocenters. The van der Waals surface area contributed by atoms with Crippen LogP contribution in [0.15, 0.2) is 4.99 Å². The molecule has 0 atom stereocenters. The molecular weight excluding hydrogens is 178 g/mol. The monoisotopic (exact) mass is 191 g/mol. The number of aliphatic imine (C=N–C) groups is 1. The molecule has 1 aliphatic heterocycles. The van der Waals surface area contributed by atoms with E-state index in [1.807, 2.05) is 0 Å². The summed E-state index contributed by atoms with van der Waals surface area (Å²) in [5.41, 5.74) is 5.42. The second-order valence-corrected chi connectivity index (χ2v) is 4.11. The van der Waals surface area contributed by atoms with Crippen molar-refractivity contribution in [3.8, 4) is 12.3 Å². The van der Waals surface area contributed by atoms with E-state index in [0.29, 0.717) is 18.3 Å². The van der Waals surface area contributed by atoms with Crippen LogP contribution in [0.4, 0.5) is 4.79 Å². The highest BCUT2D eigenvalue weighted by Gasteiger charge is 2.55. The van der Waals surface area contributed by atoms with Crippen molar-refractivity contribution < 1.29 is 4.79 Å². The first kappa shape index (κ1) is 9.07. The van der Waals surface area contributed by atoms with Gasteiger partial charge in [0, 0.05) is 0 Å². The zero-order chi connectivity index (χ0) is 10.3. The van der Waals surface area contributed by atoms with Gasteiger partial charge < -0.3 is 5.73 Å². The fourth-order valence-electron chi connectivity index (χ4n) is 2.42. The van der Waals surface area contributed by atoms with Gasteiger partial charge in [-0.1, -0.05) is 12.8 Å². The molecular formula is C10H13N3O. The summed E-state index contributed by atoms with van der Waals surface area (Å²) in [7, 11) is 0. The Morgan fingerprint density at radius 2 is 2.43 bits per heavy atom. The Balaban J connectivity index is 2.26. The summed E-state index contributed by atoms with van der Waals surface area (Å²) in [6.07, 6.45) is 6.98. The van der Waals surface area contributed by atoms with Crippen molar-refractivity contribution in [2.75, 3.05) is 6.54 Å². The second-order valence-electron chi connectivity index (χ2n) is 4.11. The van der Waals surface area contributed by atoms with Gasteiger partial charge in [0.15, 0.2) is 0 Å². The average molecular weight is 191 g/mol. The first-order valence-electron chi connectivity index (χ1n) is 4.70. The molecule has 4 heteroatoms. The summed E-state index contributed by atoms with van der Waals surface area (Å²) in [6.45, 7) is 2.44. The normalized spacial score (nSPS) is 35.4. The number of nitrogens with two attached hydrogens (primary N) is 1. The van der Waals surface area contributed by atoms with Crippen LogP contribution in [-0.4, -0.2) is 28.9 Å². The van der Waals surface area contributed by atoms with Crippen LogP contribution in [0.2, 0.25) is 0 Å². The maximum atomic E-state index is 11.5. The molecule has 74 valence electrons. The van der Waals surface area contributed by atoms with Crippen LogP contribution in [-0.2, 0) is 0 Å². The van der Waals surface area contributed by atoms with Gasteiger partial charge in [0.25, 0.3) is 0 Å². The van der Waals surface area contributed by atoms with Crippen molar-refractivity contribution in [1.82, 2.24) is 4.90 Å². The van der Waals surface area contributed by atoms with E-state index in [2.05, 4.69) is 17.8 Å². The number of urea groups is 1. The molecule has 0 bridgehead atoms. The number of amidine groups is 1. The maximum absolute atomic E-state index is 11.5. The van der Waals surface area contributed by atoms with E-state index in [0.717, 1.165) is 12.8 Å². The van der Waals surface area contributed by atoms with Crippen LogP contribution in [0.5, 0.6) is 0 Å². The number of hydrogen-bond donors (Lipinski definition) is 1. The number of carbonyl (C=O) groups is 1. The summed E-state index contributed by atoms with van der Waals surface area (Å²) >= 11 is 0. The number of amides is 2. The molecule has 2 amide bonds. The van der Waals surface area contributed by atoms with Gasteiger partial charge in [-0.2, -0.15) is 4.99 Å². The van der Waals surface area contributed by atoms with Crippen LogP contribution < -0.4 is 5.73 Å². The van der Waals surface area contributed by atoms with E-state index in [1.54, 1.807) is 4.90 Å². The molecule has 2 rings (SSSR count). The summed E-state index contributed by atoms with van der Waals surface area (Å²) < 4.78 is 0. The van der Waals surface area contributed by atoms with E-state index in [9.17, 15) is 4.79 Å². The molecule has 1 fully saturated rings. The topological polar surface area (TPSA) is 58.7 Å². The van der Waals surface area contributed by atoms with E-state index >= 15 is 0 Å². The third-order valence-electron chi connectivity index (χ3n) is 3.06. The zero-order valence-corrected chi connectivity index (χ0v) is 8.16. The highest BCUT2D eigenvalue weighted by Crippen LogP contribution is 2.45. The van der Waals surface area contributed by atoms with E-state index in [4.69, 9.17) is 12.2 Å². The van der Waals surface area contributed by atoms with Crippen LogP contribution in [0.3, 0.4) is 0 Å². The van der Waals surface area contributed by atoms with Gasteiger partial charge in [-0.25, -0.2) is 4.79 Å². The number of terminal acetylenes is 1. The van der Waals surface area contributed by atoms with Gasteiger partial charge in [-0.15, -0.1) is 6.42 Å². The van der Waals surface area contributed by atoms with Crippen molar-refractivity contribution in [3.05, 3.63) is 0 Å². The molecule has 0 aromatic heterocycles. The third-order valence-corrected chi connectivity index (χ3v) is 3.06. The Morgan fingerprint density at radius 1 is 1.79 bits per heavy atom. The van der Waals surface area contributed by atoms with E-state index in [1.165, 1.54) is 0 Å². The van der Waals surface area contributed by atoms with Gasteiger partial charge in [0.2, 0.25) is 0 Å². The van der Waals surface area contributed by atoms with Gasteiger partial charge in [-0.3, -0.25) is 4.90 Å². The molecule has 0 aromatic rings. The van der Waals surface area contributed by atoms with E-state index in [-0.39, 0.29) is 11.6 Å². The van der Waals surface area contributed by atoms with Crippen LogP contribution in [0.25, 0.3) is 0 Å². The summed E-state index contributed by atoms with van der Waals surface area (Å²) in [5, 5.41) is 0. The van der Waals surface area contributed by atoms with Crippen molar-refractivity contribution in [3.63, 3.8) is 0 Å². The third kappa shape index (κ3) is 0.955. The minimum Gasteiger partial charge on any atom is -0.385 e. The molecule has 4 nitrogen and oxygen atoms in total. The molecule has 1 heterocycles. The lowest BCUT2D eigenvalue weighted by atomic mass is 9.68. The zero-order valence-electron chi connectivity index (χ0n) is 8.16. The van der Waals surface area contributed by atoms with Crippen molar-refractivity contribution >= 4 is 11.9 Å². The van der Waals surface area contributed by atoms with Gasteiger partial charge >= 0.3 is 6.03 Å². The van der Waals surface area contributed by atoms with Gasteiger partial charge in [0.1, 0.15) is 11.4 Å². The largest absolute Gasteiger partial charge is 0.385 e. The molecule has 1 spiro atoms. The average Bonchev–Trinajstić information content (AvgIpc) is 2.29. The van der Waals surface area contributed by atoms with Crippen molar-refractivity contribution in [2.24, 2.45) is 16.6 Å². The summed E-state index contributed by atoms with van der Waals surface area (Å²) in [6, 6.07) is -0.285.